The van der Waals surface area contributed by atoms with Crippen LogP contribution in [-0.2, 0) is 4.74 Å². The zero-order chi connectivity index (χ0) is 18.5. The minimum Gasteiger partial charge on any atom is -0.367 e. The molecule has 2 unspecified atom stereocenters. The van der Waals surface area contributed by atoms with E-state index in [9.17, 15) is 4.39 Å². The second-order valence-electron chi connectivity index (χ2n) is 7.23. The second kappa shape index (κ2) is 8.82. The number of guanidine groups is 1. The molecule has 26 heavy (non-hydrogen) atoms. The molecule has 2 atom stereocenters. The van der Waals surface area contributed by atoms with Crippen LogP contribution in [0.25, 0.3) is 0 Å². The van der Waals surface area contributed by atoms with Crippen LogP contribution in [0.2, 0.25) is 0 Å². The summed E-state index contributed by atoms with van der Waals surface area (Å²) in [4.78, 5) is 9.25. The fourth-order valence-corrected chi connectivity index (χ4v) is 3.67. The Balaban J connectivity index is 1.57. The molecule has 1 aliphatic carbocycles. The summed E-state index contributed by atoms with van der Waals surface area (Å²) >= 11 is 0. The van der Waals surface area contributed by atoms with Gasteiger partial charge in [0.15, 0.2) is 5.96 Å². The van der Waals surface area contributed by atoms with Crippen molar-refractivity contribution in [1.82, 2.24) is 15.1 Å². The van der Waals surface area contributed by atoms with Gasteiger partial charge in [0.05, 0.1) is 12.6 Å². The fraction of sp³-hybridized carbons (Fsp3) is 0.650. The first-order valence-corrected chi connectivity index (χ1v) is 9.71. The molecule has 1 heterocycles. The molecule has 3 rings (SSSR count). The smallest absolute Gasteiger partial charge is 0.193 e. The Labute approximate surface area is 156 Å². The maximum absolute atomic E-state index is 13.2. The molecule has 0 spiro atoms. The van der Waals surface area contributed by atoms with E-state index in [0.717, 1.165) is 50.3 Å². The van der Waals surface area contributed by atoms with E-state index in [4.69, 9.17) is 4.74 Å². The number of likely N-dealkylation sites (N-methyl/N-ethyl adjacent to an activating group) is 1. The third-order valence-electron chi connectivity index (χ3n) is 5.16. The highest BCUT2D eigenvalue weighted by Crippen LogP contribution is 2.26. The number of hydrogen-bond acceptors (Lipinski definition) is 3. The van der Waals surface area contributed by atoms with E-state index in [2.05, 4.69) is 34.0 Å². The molecule has 1 saturated heterocycles. The molecular weight excluding hydrogens is 331 g/mol. The summed E-state index contributed by atoms with van der Waals surface area (Å²) in [5.41, 5.74) is 1.00. The Morgan fingerprint density at radius 3 is 2.65 bits per heavy atom. The molecular formula is C20H31FN4O. The van der Waals surface area contributed by atoms with Crippen molar-refractivity contribution in [2.75, 3.05) is 39.8 Å². The number of halogens is 1. The Morgan fingerprint density at radius 1 is 1.31 bits per heavy atom. The van der Waals surface area contributed by atoms with Crippen LogP contribution in [0, 0.1) is 5.82 Å². The first-order chi connectivity index (χ1) is 12.6. The van der Waals surface area contributed by atoms with E-state index in [1.807, 2.05) is 7.05 Å². The topological polar surface area (TPSA) is 40.1 Å². The average Bonchev–Trinajstić information content (AvgIpc) is 3.47. The molecule has 1 aromatic rings. The van der Waals surface area contributed by atoms with Gasteiger partial charge < -0.3 is 15.0 Å². The second-order valence-corrected chi connectivity index (χ2v) is 7.23. The van der Waals surface area contributed by atoms with E-state index in [-0.39, 0.29) is 18.0 Å². The highest BCUT2D eigenvalue weighted by Gasteiger charge is 2.29. The van der Waals surface area contributed by atoms with Gasteiger partial charge in [0.25, 0.3) is 0 Å². The number of aliphatic imine (C=N–C) groups is 1. The maximum atomic E-state index is 13.2. The van der Waals surface area contributed by atoms with Crippen molar-refractivity contribution in [3.8, 4) is 0 Å². The van der Waals surface area contributed by atoms with E-state index < -0.39 is 0 Å². The van der Waals surface area contributed by atoms with Crippen LogP contribution in [-0.4, -0.2) is 67.7 Å². The zero-order valence-electron chi connectivity index (χ0n) is 16.1. The Morgan fingerprint density at radius 2 is 2.04 bits per heavy atom. The Bertz CT molecular complexity index is 602. The molecule has 1 saturated carbocycles. The molecule has 0 amide bonds. The van der Waals surface area contributed by atoms with E-state index >= 15 is 0 Å². The van der Waals surface area contributed by atoms with Crippen LogP contribution in [0.15, 0.2) is 29.3 Å². The largest absolute Gasteiger partial charge is 0.367 e. The maximum Gasteiger partial charge on any atom is 0.193 e. The van der Waals surface area contributed by atoms with Gasteiger partial charge in [0, 0.05) is 32.7 Å². The quantitative estimate of drug-likeness (QED) is 0.624. The number of hydrogen-bond donors (Lipinski definition) is 1. The first kappa shape index (κ1) is 19.1. The van der Waals surface area contributed by atoms with Crippen LogP contribution in [0.1, 0.15) is 38.4 Å². The molecule has 144 valence electrons. The molecule has 5 nitrogen and oxygen atoms in total. The first-order valence-electron chi connectivity index (χ1n) is 9.71. The van der Waals surface area contributed by atoms with Gasteiger partial charge in [-0.2, -0.15) is 0 Å². The molecule has 1 aromatic carbocycles. The van der Waals surface area contributed by atoms with Crippen molar-refractivity contribution in [3.05, 3.63) is 35.6 Å². The fourth-order valence-electron chi connectivity index (χ4n) is 3.67. The lowest BCUT2D eigenvalue weighted by Crippen LogP contribution is -2.51. The van der Waals surface area contributed by atoms with Crippen LogP contribution in [0.3, 0.4) is 0 Å². The lowest BCUT2D eigenvalue weighted by atomic mass is 10.1. The summed E-state index contributed by atoms with van der Waals surface area (Å²) < 4.78 is 19.3. The van der Waals surface area contributed by atoms with E-state index in [0.29, 0.717) is 0 Å². The van der Waals surface area contributed by atoms with Gasteiger partial charge in [-0.3, -0.25) is 9.89 Å². The zero-order valence-corrected chi connectivity index (χ0v) is 16.1. The van der Waals surface area contributed by atoms with Crippen molar-refractivity contribution in [1.29, 1.82) is 0 Å². The summed E-state index contributed by atoms with van der Waals surface area (Å²) in [6, 6.07) is 7.39. The Kier molecular flexibility index (Phi) is 6.48. The summed E-state index contributed by atoms with van der Waals surface area (Å²) in [6.45, 7) is 8.86. The van der Waals surface area contributed by atoms with Gasteiger partial charge in [-0.25, -0.2) is 4.39 Å². The highest BCUT2D eigenvalue weighted by atomic mass is 19.1. The lowest BCUT2D eigenvalue weighted by molar-refractivity contribution is -0.0605. The van der Waals surface area contributed by atoms with Gasteiger partial charge in [-0.05, 0) is 44.0 Å². The van der Waals surface area contributed by atoms with Crippen molar-refractivity contribution in [3.63, 3.8) is 0 Å². The molecule has 0 radical (unpaired) electrons. The predicted octanol–water partition coefficient (Wildman–Crippen LogP) is 2.65. The van der Waals surface area contributed by atoms with Crippen LogP contribution >= 0.6 is 0 Å². The van der Waals surface area contributed by atoms with Gasteiger partial charge in [0.2, 0.25) is 0 Å². The summed E-state index contributed by atoms with van der Waals surface area (Å²) in [5.74, 6) is 0.696. The standard InChI is InChI=1S/C20H31FN4O/c1-4-24(18-9-10-18)12-11-23-20(22-3)25-13-15(2)26-19(14-25)16-5-7-17(21)8-6-16/h5-8,15,18-19H,4,9-14H2,1-3H3,(H,22,23). The minimum atomic E-state index is -0.219. The van der Waals surface area contributed by atoms with E-state index in [1.165, 1.54) is 25.0 Å². The number of rotatable bonds is 6. The average molecular weight is 362 g/mol. The highest BCUT2D eigenvalue weighted by molar-refractivity contribution is 5.80. The van der Waals surface area contributed by atoms with Crippen LogP contribution < -0.4 is 5.32 Å². The SMILES string of the molecule is CCN(CCNC(=NC)N1CC(C)OC(c2ccc(F)cc2)C1)C1CC1. The van der Waals surface area contributed by atoms with Crippen molar-refractivity contribution in [2.45, 2.75) is 44.9 Å². The monoisotopic (exact) mass is 362 g/mol. The minimum absolute atomic E-state index is 0.0727. The van der Waals surface area contributed by atoms with Crippen LogP contribution in [0.5, 0.6) is 0 Å². The van der Waals surface area contributed by atoms with Crippen molar-refractivity contribution < 1.29 is 9.13 Å². The van der Waals surface area contributed by atoms with Gasteiger partial charge >= 0.3 is 0 Å². The number of ether oxygens (including phenoxy) is 1. The van der Waals surface area contributed by atoms with Crippen molar-refractivity contribution >= 4 is 5.96 Å². The number of nitrogens with zero attached hydrogens (tertiary/aromatic N) is 3. The number of nitrogens with one attached hydrogen (secondary N) is 1. The number of morpholine rings is 1. The van der Waals surface area contributed by atoms with Gasteiger partial charge in [-0.1, -0.05) is 19.1 Å². The molecule has 1 N–H and O–H groups in total. The van der Waals surface area contributed by atoms with E-state index in [1.54, 1.807) is 12.1 Å². The molecule has 0 bridgehead atoms. The molecule has 1 aliphatic heterocycles. The van der Waals surface area contributed by atoms with Gasteiger partial charge in [0.1, 0.15) is 11.9 Å². The summed E-state index contributed by atoms with van der Waals surface area (Å²) in [7, 11) is 1.83. The Hall–Kier alpha value is -1.66. The van der Waals surface area contributed by atoms with Crippen molar-refractivity contribution in [2.24, 2.45) is 4.99 Å². The normalized spacial score (nSPS) is 24.2. The molecule has 6 heteroatoms. The lowest BCUT2D eigenvalue weighted by Gasteiger charge is -2.39. The van der Waals surface area contributed by atoms with Gasteiger partial charge in [-0.15, -0.1) is 0 Å². The third kappa shape index (κ3) is 4.95. The summed E-state index contributed by atoms with van der Waals surface area (Å²) in [5, 5.41) is 3.51. The molecule has 2 aliphatic rings. The predicted molar refractivity (Wildman–Crippen MR) is 103 cm³/mol. The third-order valence-corrected chi connectivity index (χ3v) is 5.16. The van der Waals surface area contributed by atoms with Crippen LogP contribution in [0.4, 0.5) is 4.39 Å². The molecule has 2 fully saturated rings. The summed E-state index contributed by atoms with van der Waals surface area (Å²) in [6.07, 6.45) is 2.69. The molecule has 0 aromatic heterocycles. The number of benzene rings is 1.